The van der Waals surface area contributed by atoms with E-state index >= 15 is 0 Å². The first-order valence-electron chi connectivity index (χ1n) is 6.41. The summed E-state index contributed by atoms with van der Waals surface area (Å²) < 4.78 is 3.08. The lowest BCUT2D eigenvalue weighted by molar-refractivity contribution is 0.0564. The van der Waals surface area contributed by atoms with Crippen molar-refractivity contribution in [3.05, 3.63) is 51.4 Å². The van der Waals surface area contributed by atoms with Gasteiger partial charge in [-0.2, -0.15) is 5.10 Å². The van der Waals surface area contributed by atoms with Crippen LogP contribution in [0.2, 0.25) is 0 Å². The third-order valence-corrected chi connectivity index (χ3v) is 3.90. The van der Waals surface area contributed by atoms with Gasteiger partial charge in [0.25, 0.3) is 0 Å². The molecular weight excluding hydrogens is 351 g/mol. The average Bonchev–Trinajstić information content (AvgIpc) is 2.77. The average molecular weight is 370 g/mol. The molecule has 4 heteroatoms. The van der Waals surface area contributed by atoms with Gasteiger partial charge in [0.15, 0.2) is 0 Å². The largest absolute Gasteiger partial charge is 0.385 e. The van der Waals surface area contributed by atoms with Crippen molar-refractivity contribution in [2.24, 2.45) is 0 Å². The second kappa shape index (κ2) is 5.63. The topological polar surface area (TPSA) is 38.0 Å². The van der Waals surface area contributed by atoms with Crippen LogP contribution < -0.4 is 0 Å². The van der Waals surface area contributed by atoms with Crippen molar-refractivity contribution in [3.63, 3.8) is 0 Å². The fraction of sp³-hybridized carbons (Fsp3) is 0.400. The first-order valence-corrected chi connectivity index (χ1v) is 7.49. The van der Waals surface area contributed by atoms with Crippen LogP contribution in [0, 0.1) is 3.57 Å². The maximum Gasteiger partial charge on any atom is 0.0924 e. The molecule has 19 heavy (non-hydrogen) atoms. The van der Waals surface area contributed by atoms with E-state index in [0.717, 1.165) is 11.3 Å². The van der Waals surface area contributed by atoms with Gasteiger partial charge in [-0.1, -0.05) is 12.1 Å². The van der Waals surface area contributed by atoms with E-state index in [-0.39, 0.29) is 0 Å². The highest BCUT2D eigenvalue weighted by Crippen LogP contribution is 2.25. The molecule has 1 N–H and O–H groups in total. The molecule has 102 valence electrons. The zero-order chi connectivity index (χ0) is 14.0. The molecule has 1 unspecified atom stereocenters. The molecule has 1 atom stereocenters. The SMILES string of the molecule is CC(C)n1ccc(CC(C)(O)c2ccc(I)cc2)n1. The second-order valence-corrected chi connectivity index (χ2v) is 6.58. The lowest BCUT2D eigenvalue weighted by Gasteiger charge is -2.23. The highest BCUT2D eigenvalue weighted by Gasteiger charge is 2.24. The van der Waals surface area contributed by atoms with Crippen molar-refractivity contribution >= 4 is 22.6 Å². The standard InChI is InChI=1S/C15H19IN2O/c1-11(2)18-9-8-14(17-18)10-15(3,19)12-4-6-13(16)7-5-12/h4-9,11,19H,10H2,1-3H3. The van der Waals surface area contributed by atoms with E-state index in [4.69, 9.17) is 0 Å². The van der Waals surface area contributed by atoms with Gasteiger partial charge in [0.1, 0.15) is 0 Å². The van der Waals surface area contributed by atoms with Gasteiger partial charge in [0.2, 0.25) is 0 Å². The second-order valence-electron chi connectivity index (χ2n) is 5.34. The number of benzene rings is 1. The van der Waals surface area contributed by atoms with Crippen LogP contribution in [0.25, 0.3) is 0 Å². The summed E-state index contributed by atoms with van der Waals surface area (Å²) in [6.45, 7) is 6.02. The summed E-state index contributed by atoms with van der Waals surface area (Å²) in [6, 6.07) is 10.3. The summed E-state index contributed by atoms with van der Waals surface area (Å²) in [7, 11) is 0. The molecule has 0 aliphatic heterocycles. The van der Waals surface area contributed by atoms with E-state index in [1.165, 1.54) is 3.57 Å². The number of aromatic nitrogens is 2. The molecule has 0 spiro atoms. The van der Waals surface area contributed by atoms with Crippen molar-refractivity contribution in [2.75, 3.05) is 0 Å². The molecular formula is C15H19IN2O. The fourth-order valence-electron chi connectivity index (χ4n) is 2.02. The lowest BCUT2D eigenvalue weighted by Crippen LogP contribution is -2.24. The molecule has 0 fully saturated rings. The van der Waals surface area contributed by atoms with E-state index in [9.17, 15) is 5.11 Å². The van der Waals surface area contributed by atoms with Crippen LogP contribution in [-0.2, 0) is 12.0 Å². The Morgan fingerprint density at radius 3 is 2.42 bits per heavy atom. The molecule has 1 aromatic carbocycles. The maximum absolute atomic E-state index is 10.6. The van der Waals surface area contributed by atoms with Crippen molar-refractivity contribution in [3.8, 4) is 0 Å². The van der Waals surface area contributed by atoms with Crippen LogP contribution in [0.3, 0.4) is 0 Å². The zero-order valence-corrected chi connectivity index (χ0v) is 13.6. The van der Waals surface area contributed by atoms with Crippen LogP contribution >= 0.6 is 22.6 Å². The Labute approximate surface area is 127 Å². The first kappa shape index (κ1) is 14.5. The number of rotatable bonds is 4. The Balaban J connectivity index is 2.17. The van der Waals surface area contributed by atoms with Gasteiger partial charge in [0, 0.05) is 22.2 Å². The van der Waals surface area contributed by atoms with Gasteiger partial charge >= 0.3 is 0 Å². The summed E-state index contributed by atoms with van der Waals surface area (Å²) in [5.41, 5.74) is 0.949. The molecule has 0 radical (unpaired) electrons. The van der Waals surface area contributed by atoms with Crippen molar-refractivity contribution in [1.29, 1.82) is 0 Å². The molecule has 0 amide bonds. The van der Waals surface area contributed by atoms with Crippen molar-refractivity contribution in [1.82, 2.24) is 9.78 Å². The molecule has 3 nitrogen and oxygen atoms in total. The van der Waals surface area contributed by atoms with Gasteiger partial charge in [-0.25, -0.2) is 0 Å². The third kappa shape index (κ3) is 3.57. The summed E-state index contributed by atoms with van der Waals surface area (Å²) in [4.78, 5) is 0. The first-order chi connectivity index (χ1) is 8.88. The molecule has 1 heterocycles. The summed E-state index contributed by atoms with van der Waals surface area (Å²) in [6.07, 6.45) is 2.48. The van der Waals surface area contributed by atoms with Crippen LogP contribution in [-0.4, -0.2) is 14.9 Å². The Bertz CT molecular complexity index is 544. The molecule has 0 aliphatic carbocycles. The number of hydrogen-bond acceptors (Lipinski definition) is 2. The monoisotopic (exact) mass is 370 g/mol. The minimum absolute atomic E-state index is 0.344. The van der Waals surface area contributed by atoms with E-state index in [1.807, 2.05) is 48.1 Å². The molecule has 0 bridgehead atoms. The Morgan fingerprint density at radius 2 is 1.89 bits per heavy atom. The molecule has 0 saturated heterocycles. The Morgan fingerprint density at radius 1 is 1.26 bits per heavy atom. The van der Waals surface area contributed by atoms with Crippen LogP contribution in [0.5, 0.6) is 0 Å². The number of hydrogen-bond donors (Lipinski definition) is 1. The number of halogens is 1. The van der Waals surface area contributed by atoms with Gasteiger partial charge in [0.05, 0.1) is 11.3 Å². The summed E-state index contributed by atoms with van der Waals surface area (Å²) in [5.74, 6) is 0. The number of nitrogens with zero attached hydrogens (tertiary/aromatic N) is 2. The number of aliphatic hydroxyl groups is 1. The van der Waals surface area contributed by atoms with Gasteiger partial charge in [-0.05, 0) is 67.1 Å². The van der Waals surface area contributed by atoms with E-state index < -0.39 is 5.60 Å². The van der Waals surface area contributed by atoms with Crippen LogP contribution in [0.1, 0.15) is 38.1 Å². The lowest BCUT2D eigenvalue weighted by atomic mass is 9.91. The molecule has 2 aromatic rings. The van der Waals surface area contributed by atoms with E-state index in [2.05, 4.69) is 41.5 Å². The Hall–Kier alpha value is -0.880. The third-order valence-electron chi connectivity index (χ3n) is 3.18. The Kier molecular flexibility index (Phi) is 4.30. The van der Waals surface area contributed by atoms with Crippen molar-refractivity contribution < 1.29 is 5.11 Å². The summed E-state index contributed by atoms with van der Waals surface area (Å²) in [5, 5.41) is 15.1. The van der Waals surface area contributed by atoms with E-state index in [1.54, 1.807) is 0 Å². The van der Waals surface area contributed by atoms with Gasteiger partial charge in [-0.3, -0.25) is 4.68 Å². The smallest absolute Gasteiger partial charge is 0.0924 e. The van der Waals surface area contributed by atoms with Crippen LogP contribution in [0.4, 0.5) is 0 Å². The predicted molar refractivity (Wildman–Crippen MR) is 85.0 cm³/mol. The maximum atomic E-state index is 10.6. The van der Waals surface area contributed by atoms with Crippen molar-refractivity contribution in [2.45, 2.75) is 38.8 Å². The molecule has 0 saturated carbocycles. The highest BCUT2D eigenvalue weighted by molar-refractivity contribution is 14.1. The van der Waals surface area contributed by atoms with Crippen LogP contribution in [0.15, 0.2) is 36.5 Å². The van der Waals surface area contributed by atoms with Gasteiger partial charge < -0.3 is 5.11 Å². The minimum atomic E-state index is -0.888. The summed E-state index contributed by atoms with van der Waals surface area (Å²) >= 11 is 2.26. The predicted octanol–water partition coefficient (Wildman–Crippen LogP) is 3.52. The van der Waals surface area contributed by atoms with E-state index in [0.29, 0.717) is 12.5 Å². The highest BCUT2D eigenvalue weighted by atomic mass is 127. The molecule has 2 rings (SSSR count). The fourth-order valence-corrected chi connectivity index (χ4v) is 2.38. The normalized spacial score (nSPS) is 14.6. The molecule has 0 aliphatic rings. The quantitative estimate of drug-likeness (QED) is 0.837. The molecule has 1 aromatic heterocycles. The van der Waals surface area contributed by atoms with Gasteiger partial charge in [-0.15, -0.1) is 0 Å². The minimum Gasteiger partial charge on any atom is -0.385 e. The zero-order valence-electron chi connectivity index (χ0n) is 11.5.